The molecule has 0 N–H and O–H groups in total. The van der Waals surface area contributed by atoms with Crippen LogP contribution in [0.5, 0.6) is 11.5 Å². The van der Waals surface area contributed by atoms with Crippen LogP contribution in [0.2, 0.25) is 0 Å². The molecule has 1 aliphatic rings. The maximum atomic E-state index is 12.6. The topological polar surface area (TPSA) is 48.0 Å². The van der Waals surface area contributed by atoms with Crippen molar-refractivity contribution in [2.24, 2.45) is 0 Å². The van der Waals surface area contributed by atoms with E-state index < -0.39 is 6.61 Å². The molecule has 2 aromatic rings. The summed E-state index contributed by atoms with van der Waals surface area (Å²) in [5, 5.41) is 0. The van der Waals surface area contributed by atoms with Crippen molar-refractivity contribution in [3.8, 4) is 11.5 Å². The van der Waals surface area contributed by atoms with Gasteiger partial charge in [-0.25, -0.2) is 0 Å². The van der Waals surface area contributed by atoms with Crippen molar-refractivity contribution < 1.29 is 27.8 Å². The zero-order chi connectivity index (χ0) is 20.6. The van der Waals surface area contributed by atoms with Crippen molar-refractivity contribution in [3.05, 3.63) is 65.2 Å². The van der Waals surface area contributed by atoms with E-state index in [0.717, 1.165) is 24.4 Å². The van der Waals surface area contributed by atoms with Gasteiger partial charge in [0, 0.05) is 30.8 Å². The molecule has 1 saturated heterocycles. The van der Waals surface area contributed by atoms with E-state index in [4.69, 9.17) is 9.47 Å². The highest BCUT2D eigenvalue weighted by atomic mass is 19.3. The quantitative estimate of drug-likeness (QED) is 0.492. The fourth-order valence-corrected chi connectivity index (χ4v) is 3.08. The molecule has 2 aromatic carbocycles. The van der Waals surface area contributed by atoms with Crippen molar-refractivity contribution in [2.75, 3.05) is 33.4 Å². The smallest absolute Gasteiger partial charge is 0.387 e. The van der Waals surface area contributed by atoms with Crippen molar-refractivity contribution in [1.82, 2.24) is 4.90 Å². The Kier molecular flexibility index (Phi) is 7.32. The lowest BCUT2D eigenvalue weighted by Crippen LogP contribution is -2.35. The molecule has 0 atom stereocenters. The minimum Gasteiger partial charge on any atom is -0.496 e. The summed E-state index contributed by atoms with van der Waals surface area (Å²) in [4.78, 5) is 14.8. The Morgan fingerprint density at radius 2 is 1.90 bits per heavy atom. The number of ether oxygens (including phenoxy) is 3. The summed E-state index contributed by atoms with van der Waals surface area (Å²) in [6.07, 6.45) is 3.10. The van der Waals surface area contributed by atoms with Crippen LogP contribution >= 0.6 is 0 Å². The molecule has 1 heterocycles. The monoisotopic (exact) mass is 403 g/mol. The highest BCUT2D eigenvalue weighted by molar-refractivity contribution is 6.07. The van der Waals surface area contributed by atoms with E-state index in [1.807, 2.05) is 6.07 Å². The second kappa shape index (κ2) is 10.1. The summed E-state index contributed by atoms with van der Waals surface area (Å²) in [7, 11) is 1.61. The number of allylic oxidation sites excluding steroid dienone is 1. The number of benzene rings is 2. The molecular weight excluding hydrogens is 380 g/mol. The minimum atomic E-state index is -2.86. The van der Waals surface area contributed by atoms with Gasteiger partial charge in [-0.05, 0) is 42.0 Å². The summed E-state index contributed by atoms with van der Waals surface area (Å²) >= 11 is 0. The zero-order valence-corrected chi connectivity index (χ0v) is 16.1. The maximum absolute atomic E-state index is 12.6. The second-order valence-electron chi connectivity index (χ2n) is 6.56. The normalized spacial score (nSPS) is 15.0. The number of carbonyl (C=O) groups excluding carboxylic acids is 1. The molecule has 1 aliphatic heterocycles. The van der Waals surface area contributed by atoms with Crippen LogP contribution in [0, 0.1) is 0 Å². The van der Waals surface area contributed by atoms with Crippen LogP contribution in [-0.4, -0.2) is 50.7 Å². The van der Waals surface area contributed by atoms with Gasteiger partial charge in [-0.2, -0.15) is 8.78 Å². The van der Waals surface area contributed by atoms with Crippen LogP contribution in [-0.2, 0) is 11.3 Å². The molecule has 1 fully saturated rings. The Balaban J connectivity index is 1.69. The summed E-state index contributed by atoms with van der Waals surface area (Å²) in [6, 6.07) is 11.5. The molecular formula is C22H23F2NO4. The number of hydrogen-bond acceptors (Lipinski definition) is 5. The van der Waals surface area contributed by atoms with Gasteiger partial charge in [0.1, 0.15) is 11.5 Å². The van der Waals surface area contributed by atoms with Gasteiger partial charge < -0.3 is 14.2 Å². The first-order chi connectivity index (χ1) is 14.0. The first kappa shape index (κ1) is 21.0. The van der Waals surface area contributed by atoms with Gasteiger partial charge in [0.15, 0.2) is 5.78 Å². The van der Waals surface area contributed by atoms with Crippen LogP contribution in [0.4, 0.5) is 8.78 Å². The van der Waals surface area contributed by atoms with Crippen molar-refractivity contribution in [3.63, 3.8) is 0 Å². The molecule has 0 saturated carbocycles. The van der Waals surface area contributed by atoms with Crippen LogP contribution in [0.15, 0.2) is 48.5 Å². The average Bonchev–Trinajstić information content (AvgIpc) is 2.73. The first-order valence-electron chi connectivity index (χ1n) is 9.29. The number of rotatable bonds is 8. The molecule has 29 heavy (non-hydrogen) atoms. The van der Waals surface area contributed by atoms with Gasteiger partial charge >= 0.3 is 6.61 Å². The standard InChI is InChI=1S/C22H23F2NO4/c1-27-21-9-5-17(14-18(21)15-25-10-12-28-13-11-25)20(26)8-4-16-2-6-19(7-3-16)29-22(23)24/h2-9,14,22H,10-13,15H2,1H3/b8-4+. The number of hydrogen-bond donors (Lipinski definition) is 0. The fraction of sp³-hybridized carbons (Fsp3) is 0.318. The Bertz CT molecular complexity index is 846. The van der Waals surface area contributed by atoms with E-state index in [1.165, 1.54) is 18.2 Å². The Morgan fingerprint density at radius 1 is 1.17 bits per heavy atom. The average molecular weight is 403 g/mol. The summed E-state index contributed by atoms with van der Waals surface area (Å²) in [5.41, 5.74) is 2.21. The van der Waals surface area contributed by atoms with Gasteiger partial charge in [0.2, 0.25) is 0 Å². The van der Waals surface area contributed by atoms with Gasteiger partial charge in [-0.3, -0.25) is 9.69 Å². The van der Waals surface area contributed by atoms with E-state index in [9.17, 15) is 13.6 Å². The molecule has 0 aliphatic carbocycles. The van der Waals surface area contributed by atoms with Gasteiger partial charge in [-0.15, -0.1) is 0 Å². The van der Waals surface area contributed by atoms with Crippen LogP contribution < -0.4 is 9.47 Å². The molecule has 0 unspecified atom stereocenters. The predicted molar refractivity (Wildman–Crippen MR) is 106 cm³/mol. The van der Waals surface area contributed by atoms with Crippen LogP contribution in [0.3, 0.4) is 0 Å². The first-order valence-corrected chi connectivity index (χ1v) is 9.29. The third-order valence-electron chi connectivity index (χ3n) is 4.60. The van der Waals surface area contributed by atoms with Crippen LogP contribution in [0.1, 0.15) is 21.5 Å². The Labute approximate surface area is 168 Å². The molecule has 0 radical (unpaired) electrons. The summed E-state index contributed by atoms with van der Waals surface area (Å²) < 4.78 is 39.5. The molecule has 0 amide bonds. The van der Waals surface area contributed by atoms with Gasteiger partial charge in [-0.1, -0.05) is 18.2 Å². The second-order valence-corrected chi connectivity index (χ2v) is 6.56. The minimum absolute atomic E-state index is 0.0754. The Morgan fingerprint density at radius 3 is 2.55 bits per heavy atom. The number of halogens is 2. The van der Waals surface area contributed by atoms with Crippen molar-refractivity contribution in [1.29, 1.82) is 0 Å². The molecule has 7 heteroatoms. The lowest BCUT2D eigenvalue weighted by Gasteiger charge is -2.27. The van der Waals surface area contributed by atoms with E-state index in [0.29, 0.717) is 30.9 Å². The van der Waals surface area contributed by atoms with E-state index >= 15 is 0 Å². The molecule has 5 nitrogen and oxygen atoms in total. The number of carbonyl (C=O) groups is 1. The number of morpholine rings is 1. The highest BCUT2D eigenvalue weighted by Gasteiger charge is 2.15. The highest BCUT2D eigenvalue weighted by Crippen LogP contribution is 2.23. The lowest BCUT2D eigenvalue weighted by molar-refractivity contribution is -0.0498. The third kappa shape index (κ3) is 6.10. The van der Waals surface area contributed by atoms with E-state index in [-0.39, 0.29) is 11.5 Å². The number of methoxy groups -OCH3 is 1. The predicted octanol–water partition coefficient (Wildman–Crippen LogP) is 4.02. The Hall–Kier alpha value is -2.77. The molecule has 3 rings (SSSR count). The molecule has 154 valence electrons. The summed E-state index contributed by atoms with van der Waals surface area (Å²) in [6.45, 7) is 0.900. The molecule has 0 aromatic heterocycles. The van der Waals surface area contributed by atoms with Crippen molar-refractivity contribution in [2.45, 2.75) is 13.2 Å². The third-order valence-corrected chi connectivity index (χ3v) is 4.60. The zero-order valence-electron chi connectivity index (χ0n) is 16.1. The SMILES string of the molecule is COc1ccc(C(=O)/C=C/c2ccc(OC(F)F)cc2)cc1CN1CCOCC1. The maximum Gasteiger partial charge on any atom is 0.387 e. The lowest BCUT2D eigenvalue weighted by atomic mass is 10.0. The molecule has 0 bridgehead atoms. The van der Waals surface area contributed by atoms with Gasteiger partial charge in [0.05, 0.1) is 20.3 Å². The number of ketones is 1. The summed E-state index contributed by atoms with van der Waals surface area (Å²) in [5.74, 6) is 0.668. The number of nitrogens with zero attached hydrogens (tertiary/aromatic N) is 1. The van der Waals surface area contributed by atoms with Crippen molar-refractivity contribution >= 4 is 11.9 Å². The van der Waals surface area contributed by atoms with Crippen LogP contribution in [0.25, 0.3) is 6.08 Å². The van der Waals surface area contributed by atoms with E-state index in [1.54, 1.807) is 37.5 Å². The van der Waals surface area contributed by atoms with E-state index in [2.05, 4.69) is 9.64 Å². The largest absolute Gasteiger partial charge is 0.496 e. The fourth-order valence-electron chi connectivity index (χ4n) is 3.08. The number of alkyl halides is 2. The van der Waals surface area contributed by atoms with Gasteiger partial charge in [0.25, 0.3) is 0 Å². The molecule has 0 spiro atoms.